The normalized spacial score (nSPS) is 21.7. The second-order valence-corrected chi connectivity index (χ2v) is 5.12. The van der Waals surface area contributed by atoms with Gasteiger partial charge in [0.15, 0.2) is 0 Å². The third-order valence-electron chi connectivity index (χ3n) is 3.71. The highest BCUT2D eigenvalue weighted by Crippen LogP contribution is 2.24. The van der Waals surface area contributed by atoms with Gasteiger partial charge in [0.05, 0.1) is 6.04 Å². The average molecular weight is 247 g/mol. The molecule has 0 spiro atoms. The highest BCUT2D eigenvalue weighted by molar-refractivity contribution is 5.99. The van der Waals surface area contributed by atoms with Gasteiger partial charge in [0.2, 0.25) is 5.91 Å². The Bertz CT molecular complexity index is 427. The number of hydrogen-bond donors (Lipinski definition) is 1. The molecule has 0 aliphatic carbocycles. The van der Waals surface area contributed by atoms with Crippen molar-refractivity contribution in [3.63, 3.8) is 0 Å². The minimum absolute atomic E-state index is 0.0309. The number of carbonyl (C=O) groups is 1. The number of nitrogens with two attached hydrogens (primary N) is 1. The first-order chi connectivity index (χ1) is 8.50. The van der Waals surface area contributed by atoms with Crippen LogP contribution in [0.2, 0.25) is 0 Å². The van der Waals surface area contributed by atoms with Crippen molar-refractivity contribution < 1.29 is 4.79 Å². The van der Waals surface area contributed by atoms with Gasteiger partial charge >= 0.3 is 0 Å². The summed E-state index contributed by atoms with van der Waals surface area (Å²) >= 11 is 0. The summed E-state index contributed by atoms with van der Waals surface area (Å²) in [6, 6.07) is 8.21. The van der Waals surface area contributed by atoms with Crippen LogP contribution >= 0.6 is 0 Å². The number of nitrogens with zero attached hydrogens (tertiary/aromatic N) is 2. The lowest BCUT2D eigenvalue weighted by Crippen LogP contribution is -2.33. The van der Waals surface area contributed by atoms with Crippen molar-refractivity contribution in [2.24, 2.45) is 5.73 Å². The molecule has 4 nitrogen and oxygen atoms in total. The predicted octanol–water partition coefficient (Wildman–Crippen LogP) is 1.37. The van der Waals surface area contributed by atoms with E-state index < -0.39 is 0 Å². The Morgan fingerprint density at radius 2 is 1.94 bits per heavy atom. The van der Waals surface area contributed by atoms with Crippen LogP contribution in [0.1, 0.15) is 24.9 Å². The molecule has 1 amide bonds. The number of rotatable bonds is 3. The summed E-state index contributed by atoms with van der Waals surface area (Å²) < 4.78 is 0. The fraction of sp³-hybridized carbons (Fsp3) is 0.500. The Morgan fingerprint density at radius 1 is 1.33 bits per heavy atom. The summed E-state index contributed by atoms with van der Waals surface area (Å²) in [5, 5.41) is 0. The molecule has 1 heterocycles. The minimum Gasteiger partial charge on any atom is -0.320 e. The van der Waals surface area contributed by atoms with Crippen LogP contribution in [-0.2, 0) is 4.79 Å². The summed E-state index contributed by atoms with van der Waals surface area (Å²) in [6.07, 6.45) is 0.745. The highest BCUT2D eigenvalue weighted by atomic mass is 16.2. The van der Waals surface area contributed by atoms with E-state index in [-0.39, 0.29) is 11.9 Å². The lowest BCUT2D eigenvalue weighted by atomic mass is 10.1. The quantitative estimate of drug-likeness (QED) is 0.877. The number of anilines is 1. The van der Waals surface area contributed by atoms with Crippen LogP contribution in [-0.4, -0.2) is 37.5 Å². The van der Waals surface area contributed by atoms with Crippen LogP contribution < -0.4 is 10.6 Å². The van der Waals surface area contributed by atoms with Crippen molar-refractivity contribution in [2.75, 3.05) is 25.5 Å². The topological polar surface area (TPSA) is 49.6 Å². The molecule has 0 saturated carbocycles. The molecule has 1 fully saturated rings. The molecule has 1 aliphatic heterocycles. The van der Waals surface area contributed by atoms with E-state index in [9.17, 15) is 4.79 Å². The van der Waals surface area contributed by atoms with Gasteiger partial charge in [0.25, 0.3) is 0 Å². The SMILES string of the molecule is C[C@@H](c1ccc(N2CC[C@H](N)C2=O)cc1)N(C)C. The molecule has 1 aliphatic rings. The number of amides is 1. The van der Waals surface area contributed by atoms with Gasteiger partial charge in [-0.25, -0.2) is 0 Å². The van der Waals surface area contributed by atoms with Crippen molar-refractivity contribution in [2.45, 2.75) is 25.4 Å². The smallest absolute Gasteiger partial charge is 0.243 e. The zero-order valence-electron chi connectivity index (χ0n) is 11.3. The Labute approximate surface area is 108 Å². The molecule has 98 valence electrons. The fourth-order valence-corrected chi connectivity index (χ4v) is 2.19. The standard InChI is InChI=1S/C14H21N3O/c1-10(16(2)3)11-4-6-12(7-5-11)17-9-8-13(15)14(17)18/h4-7,10,13H,8-9,15H2,1-3H3/t10-,13-/m0/s1. The van der Waals surface area contributed by atoms with Crippen LogP contribution in [0.15, 0.2) is 24.3 Å². The molecular weight excluding hydrogens is 226 g/mol. The van der Waals surface area contributed by atoms with E-state index in [2.05, 4.69) is 38.1 Å². The van der Waals surface area contributed by atoms with Gasteiger partial charge in [0.1, 0.15) is 0 Å². The van der Waals surface area contributed by atoms with Crippen molar-refractivity contribution >= 4 is 11.6 Å². The van der Waals surface area contributed by atoms with Crippen LogP contribution in [0.4, 0.5) is 5.69 Å². The van der Waals surface area contributed by atoms with E-state index in [1.165, 1.54) is 5.56 Å². The summed E-state index contributed by atoms with van der Waals surface area (Å²) in [4.78, 5) is 15.8. The van der Waals surface area contributed by atoms with Crippen molar-refractivity contribution in [3.05, 3.63) is 29.8 Å². The first-order valence-corrected chi connectivity index (χ1v) is 6.34. The molecule has 0 radical (unpaired) electrons. The molecule has 18 heavy (non-hydrogen) atoms. The van der Waals surface area contributed by atoms with E-state index >= 15 is 0 Å². The lowest BCUT2D eigenvalue weighted by Gasteiger charge is -2.21. The highest BCUT2D eigenvalue weighted by Gasteiger charge is 2.29. The third-order valence-corrected chi connectivity index (χ3v) is 3.71. The summed E-state index contributed by atoms with van der Waals surface area (Å²) in [6.45, 7) is 2.88. The van der Waals surface area contributed by atoms with E-state index in [1.54, 1.807) is 4.90 Å². The lowest BCUT2D eigenvalue weighted by molar-refractivity contribution is -0.118. The molecule has 4 heteroatoms. The largest absolute Gasteiger partial charge is 0.320 e. The van der Waals surface area contributed by atoms with Gasteiger partial charge in [-0.3, -0.25) is 4.79 Å². The minimum atomic E-state index is -0.328. The molecular formula is C14H21N3O. The maximum absolute atomic E-state index is 11.8. The summed E-state index contributed by atoms with van der Waals surface area (Å²) in [5.74, 6) is 0.0309. The van der Waals surface area contributed by atoms with Crippen LogP contribution in [0.25, 0.3) is 0 Å². The van der Waals surface area contributed by atoms with Crippen LogP contribution in [0.5, 0.6) is 0 Å². The van der Waals surface area contributed by atoms with E-state index in [0.29, 0.717) is 6.04 Å². The Kier molecular flexibility index (Phi) is 3.68. The Balaban J connectivity index is 2.15. The maximum atomic E-state index is 11.8. The van der Waals surface area contributed by atoms with Gasteiger partial charge in [-0.05, 0) is 45.1 Å². The zero-order chi connectivity index (χ0) is 13.3. The average Bonchev–Trinajstić information content (AvgIpc) is 2.69. The fourth-order valence-electron chi connectivity index (χ4n) is 2.19. The molecule has 0 aromatic heterocycles. The first kappa shape index (κ1) is 13.1. The van der Waals surface area contributed by atoms with Gasteiger partial charge in [-0.15, -0.1) is 0 Å². The van der Waals surface area contributed by atoms with E-state index in [4.69, 9.17) is 5.73 Å². The van der Waals surface area contributed by atoms with Gasteiger partial charge in [-0.1, -0.05) is 12.1 Å². The molecule has 0 bridgehead atoms. The number of carbonyl (C=O) groups excluding carboxylic acids is 1. The van der Waals surface area contributed by atoms with Crippen molar-refractivity contribution in [1.82, 2.24) is 4.90 Å². The predicted molar refractivity (Wildman–Crippen MR) is 73.5 cm³/mol. The molecule has 2 rings (SSSR count). The van der Waals surface area contributed by atoms with Crippen molar-refractivity contribution in [3.8, 4) is 0 Å². The summed E-state index contributed by atoms with van der Waals surface area (Å²) in [5.41, 5.74) is 7.92. The molecule has 1 aromatic rings. The molecule has 2 N–H and O–H groups in total. The van der Waals surface area contributed by atoms with E-state index in [1.807, 2.05) is 12.1 Å². The van der Waals surface area contributed by atoms with Crippen LogP contribution in [0, 0.1) is 0 Å². The third kappa shape index (κ3) is 2.40. The van der Waals surface area contributed by atoms with Crippen molar-refractivity contribution in [1.29, 1.82) is 0 Å². The first-order valence-electron chi connectivity index (χ1n) is 6.34. The van der Waals surface area contributed by atoms with Crippen LogP contribution in [0.3, 0.4) is 0 Å². The second kappa shape index (κ2) is 5.08. The monoisotopic (exact) mass is 247 g/mol. The van der Waals surface area contributed by atoms with Gasteiger partial charge < -0.3 is 15.5 Å². The summed E-state index contributed by atoms with van der Waals surface area (Å²) in [7, 11) is 4.11. The van der Waals surface area contributed by atoms with Gasteiger partial charge in [0, 0.05) is 18.3 Å². The maximum Gasteiger partial charge on any atom is 0.243 e. The second-order valence-electron chi connectivity index (χ2n) is 5.12. The molecule has 1 saturated heterocycles. The van der Waals surface area contributed by atoms with Gasteiger partial charge in [-0.2, -0.15) is 0 Å². The number of hydrogen-bond acceptors (Lipinski definition) is 3. The molecule has 2 atom stereocenters. The Hall–Kier alpha value is -1.39. The molecule has 1 aromatic carbocycles. The number of benzene rings is 1. The van der Waals surface area contributed by atoms with E-state index in [0.717, 1.165) is 18.7 Å². The zero-order valence-corrected chi connectivity index (χ0v) is 11.3. The molecule has 0 unspecified atom stereocenters. The Morgan fingerprint density at radius 3 is 2.39 bits per heavy atom.